The monoisotopic (exact) mass is 328 g/mol. The molecule has 0 aliphatic rings. The first-order chi connectivity index (χ1) is 11.4. The van der Waals surface area contributed by atoms with Gasteiger partial charge in [-0.2, -0.15) is 0 Å². The molecule has 0 fully saturated rings. The van der Waals surface area contributed by atoms with E-state index in [1.54, 1.807) is 18.2 Å². The Morgan fingerprint density at radius 3 is 2.08 bits per heavy atom. The lowest BCUT2D eigenvalue weighted by atomic mass is 9.86. The van der Waals surface area contributed by atoms with Crippen LogP contribution in [0.25, 0.3) is 0 Å². The lowest BCUT2D eigenvalue weighted by molar-refractivity contribution is -0.136. The van der Waals surface area contributed by atoms with Gasteiger partial charge in [0.25, 0.3) is 0 Å². The van der Waals surface area contributed by atoms with Crippen molar-refractivity contribution in [3.8, 4) is 17.2 Å². The summed E-state index contributed by atoms with van der Waals surface area (Å²) in [6.07, 6.45) is 0. The van der Waals surface area contributed by atoms with Gasteiger partial charge in [0.05, 0.1) is 6.61 Å². The Bertz CT molecular complexity index is 686. The van der Waals surface area contributed by atoms with Crippen molar-refractivity contribution in [2.45, 2.75) is 33.1 Å². The molecule has 0 aliphatic carbocycles. The highest BCUT2D eigenvalue weighted by Gasteiger charge is 2.19. The molecule has 0 heterocycles. The van der Waals surface area contributed by atoms with E-state index < -0.39 is 5.97 Å². The van der Waals surface area contributed by atoms with Crippen molar-refractivity contribution in [1.29, 1.82) is 0 Å². The number of hydrogen-bond donors (Lipinski definition) is 0. The van der Waals surface area contributed by atoms with Crippen LogP contribution >= 0.6 is 0 Å². The Morgan fingerprint density at radius 1 is 0.875 bits per heavy atom. The van der Waals surface area contributed by atoms with Gasteiger partial charge in [0.1, 0.15) is 5.75 Å². The Kier molecular flexibility index (Phi) is 5.85. The van der Waals surface area contributed by atoms with Gasteiger partial charge in [0, 0.05) is 0 Å². The molecule has 24 heavy (non-hydrogen) atoms. The minimum Gasteiger partial charge on any atom is -0.490 e. The van der Waals surface area contributed by atoms with E-state index in [1.165, 1.54) is 0 Å². The molecule has 0 aromatic heterocycles. The van der Waals surface area contributed by atoms with Crippen molar-refractivity contribution >= 4 is 5.97 Å². The molecule has 4 heteroatoms. The Hall–Kier alpha value is -2.49. The van der Waals surface area contributed by atoms with E-state index >= 15 is 0 Å². The van der Waals surface area contributed by atoms with Crippen LogP contribution < -0.4 is 14.2 Å². The summed E-state index contributed by atoms with van der Waals surface area (Å²) < 4.78 is 16.5. The number of carbonyl (C=O) groups excluding carboxylic acids is 1. The lowest BCUT2D eigenvalue weighted by Gasteiger charge is -2.22. The van der Waals surface area contributed by atoms with Crippen LogP contribution in [-0.4, -0.2) is 19.2 Å². The van der Waals surface area contributed by atoms with E-state index in [9.17, 15) is 4.79 Å². The van der Waals surface area contributed by atoms with Crippen molar-refractivity contribution in [2.75, 3.05) is 13.2 Å². The first-order valence-corrected chi connectivity index (χ1v) is 8.06. The summed E-state index contributed by atoms with van der Waals surface area (Å²) in [5.74, 6) is 1.17. The summed E-state index contributed by atoms with van der Waals surface area (Å²) in [6.45, 7) is 8.53. The second-order valence-electron chi connectivity index (χ2n) is 6.39. The van der Waals surface area contributed by atoms with Crippen molar-refractivity contribution in [2.24, 2.45) is 0 Å². The summed E-state index contributed by atoms with van der Waals surface area (Å²) in [6, 6.07) is 14.8. The Labute approximate surface area is 143 Å². The Balaban J connectivity index is 2.02. The summed E-state index contributed by atoms with van der Waals surface area (Å²) >= 11 is 0. The second-order valence-corrected chi connectivity index (χ2v) is 6.39. The summed E-state index contributed by atoms with van der Waals surface area (Å²) in [7, 11) is 0. The molecular formula is C20H24O4. The average molecular weight is 328 g/mol. The maximum absolute atomic E-state index is 12.1. The van der Waals surface area contributed by atoms with Gasteiger partial charge >= 0.3 is 5.97 Å². The fourth-order valence-electron chi connectivity index (χ4n) is 2.31. The second kappa shape index (κ2) is 7.86. The number of ether oxygens (including phenoxy) is 3. The quantitative estimate of drug-likeness (QED) is 0.583. The number of hydrogen-bond acceptors (Lipinski definition) is 4. The van der Waals surface area contributed by atoms with Crippen LogP contribution in [0, 0.1) is 0 Å². The van der Waals surface area contributed by atoms with E-state index in [0.717, 1.165) is 5.56 Å². The third kappa shape index (κ3) is 4.75. The maximum Gasteiger partial charge on any atom is 0.349 e. The van der Waals surface area contributed by atoms with Crippen molar-refractivity contribution < 1.29 is 19.0 Å². The van der Waals surface area contributed by atoms with Crippen LogP contribution in [0.3, 0.4) is 0 Å². The van der Waals surface area contributed by atoms with Gasteiger partial charge in [-0.25, -0.2) is 4.79 Å². The SMILES string of the molecule is CCOc1ccccc1OC(=O)COc1ccccc1C(C)(C)C. The third-order valence-electron chi connectivity index (χ3n) is 3.41. The first-order valence-electron chi connectivity index (χ1n) is 8.06. The minimum atomic E-state index is -0.467. The molecule has 4 nitrogen and oxygen atoms in total. The van der Waals surface area contributed by atoms with Gasteiger partial charge in [0.2, 0.25) is 0 Å². The van der Waals surface area contributed by atoms with E-state index in [0.29, 0.717) is 23.9 Å². The smallest absolute Gasteiger partial charge is 0.349 e. The van der Waals surface area contributed by atoms with Crippen LogP contribution in [0.4, 0.5) is 0 Å². The van der Waals surface area contributed by atoms with Crippen LogP contribution in [0.15, 0.2) is 48.5 Å². The fraction of sp³-hybridized carbons (Fsp3) is 0.350. The molecule has 0 saturated heterocycles. The van der Waals surface area contributed by atoms with Gasteiger partial charge in [-0.15, -0.1) is 0 Å². The van der Waals surface area contributed by atoms with Gasteiger partial charge in [-0.1, -0.05) is 51.1 Å². The standard InChI is InChI=1S/C20H24O4/c1-5-22-17-12-8-9-13-18(17)24-19(21)14-23-16-11-7-6-10-15(16)20(2,3)4/h6-13H,5,14H2,1-4H3. The van der Waals surface area contributed by atoms with E-state index in [1.807, 2.05) is 37.3 Å². The molecule has 0 atom stereocenters. The van der Waals surface area contributed by atoms with Gasteiger partial charge in [-0.3, -0.25) is 0 Å². The van der Waals surface area contributed by atoms with Gasteiger partial charge in [0.15, 0.2) is 18.1 Å². The van der Waals surface area contributed by atoms with Gasteiger partial charge in [-0.05, 0) is 36.1 Å². The molecule has 0 N–H and O–H groups in total. The zero-order valence-corrected chi connectivity index (χ0v) is 14.7. The highest BCUT2D eigenvalue weighted by Crippen LogP contribution is 2.31. The highest BCUT2D eigenvalue weighted by molar-refractivity contribution is 5.74. The summed E-state index contributed by atoms with van der Waals surface area (Å²) in [5, 5.41) is 0. The minimum absolute atomic E-state index is 0.0674. The largest absolute Gasteiger partial charge is 0.490 e. The lowest BCUT2D eigenvalue weighted by Crippen LogP contribution is -2.20. The van der Waals surface area contributed by atoms with E-state index in [-0.39, 0.29) is 12.0 Å². The molecule has 0 radical (unpaired) electrons. The molecule has 0 unspecified atom stereocenters. The number of benzene rings is 2. The van der Waals surface area contributed by atoms with Crippen molar-refractivity contribution in [3.63, 3.8) is 0 Å². The normalized spacial score (nSPS) is 11.0. The number of carbonyl (C=O) groups is 1. The zero-order valence-electron chi connectivity index (χ0n) is 14.7. The number of rotatable bonds is 6. The Morgan fingerprint density at radius 2 is 1.46 bits per heavy atom. The molecule has 0 spiro atoms. The molecule has 2 aromatic rings. The third-order valence-corrected chi connectivity index (χ3v) is 3.41. The summed E-state index contributed by atoms with van der Waals surface area (Å²) in [4.78, 5) is 12.1. The molecule has 2 aromatic carbocycles. The van der Waals surface area contributed by atoms with E-state index in [4.69, 9.17) is 14.2 Å². The molecule has 0 saturated carbocycles. The van der Waals surface area contributed by atoms with Gasteiger partial charge < -0.3 is 14.2 Å². The molecule has 0 amide bonds. The average Bonchev–Trinajstić information content (AvgIpc) is 2.54. The maximum atomic E-state index is 12.1. The van der Waals surface area contributed by atoms with Crippen LogP contribution in [0.5, 0.6) is 17.2 Å². The number of para-hydroxylation sites is 3. The molecule has 128 valence electrons. The summed E-state index contributed by atoms with van der Waals surface area (Å²) in [5.41, 5.74) is 0.981. The number of esters is 1. The predicted molar refractivity (Wildman–Crippen MR) is 93.9 cm³/mol. The van der Waals surface area contributed by atoms with E-state index in [2.05, 4.69) is 20.8 Å². The topological polar surface area (TPSA) is 44.8 Å². The van der Waals surface area contributed by atoms with Crippen LogP contribution in [-0.2, 0) is 10.2 Å². The molecule has 0 aliphatic heterocycles. The zero-order chi connectivity index (χ0) is 17.6. The molecular weight excluding hydrogens is 304 g/mol. The van der Waals surface area contributed by atoms with Crippen molar-refractivity contribution in [1.82, 2.24) is 0 Å². The first kappa shape index (κ1) is 17.9. The fourth-order valence-corrected chi connectivity index (χ4v) is 2.31. The highest BCUT2D eigenvalue weighted by atomic mass is 16.6. The van der Waals surface area contributed by atoms with Crippen LogP contribution in [0.2, 0.25) is 0 Å². The van der Waals surface area contributed by atoms with Crippen molar-refractivity contribution in [3.05, 3.63) is 54.1 Å². The van der Waals surface area contributed by atoms with Crippen LogP contribution in [0.1, 0.15) is 33.3 Å². The predicted octanol–water partition coefficient (Wildman–Crippen LogP) is 4.37. The molecule has 0 bridgehead atoms. The molecule has 2 rings (SSSR count).